The number of hydrogen-bond donors (Lipinski definition) is 1. The number of benzene rings is 1. The second-order valence-electron chi connectivity index (χ2n) is 4.93. The van der Waals surface area contributed by atoms with Crippen molar-refractivity contribution in [1.82, 2.24) is 4.98 Å². The quantitative estimate of drug-likeness (QED) is 0.858. The molecule has 0 saturated carbocycles. The van der Waals surface area contributed by atoms with Gasteiger partial charge in [0.15, 0.2) is 0 Å². The van der Waals surface area contributed by atoms with Gasteiger partial charge in [0.1, 0.15) is 11.6 Å². The van der Waals surface area contributed by atoms with E-state index in [0.717, 1.165) is 48.3 Å². The highest BCUT2D eigenvalue weighted by molar-refractivity contribution is 5.85. The van der Waals surface area contributed by atoms with Crippen LogP contribution >= 0.6 is 0 Å². The Morgan fingerprint density at radius 2 is 2.00 bits per heavy atom. The Balaban J connectivity index is 2.58. The zero-order chi connectivity index (χ0) is 13.8. The van der Waals surface area contributed by atoms with Gasteiger partial charge in [-0.25, -0.2) is 9.37 Å². The zero-order valence-corrected chi connectivity index (χ0v) is 11.9. The van der Waals surface area contributed by atoms with Gasteiger partial charge in [-0.3, -0.25) is 0 Å². The molecule has 0 aliphatic carbocycles. The number of pyridine rings is 1. The van der Waals surface area contributed by atoms with Crippen LogP contribution in [0.1, 0.15) is 37.8 Å². The third kappa shape index (κ3) is 2.86. The normalized spacial score (nSPS) is 10.9. The van der Waals surface area contributed by atoms with Crippen molar-refractivity contribution in [1.29, 1.82) is 0 Å². The second-order valence-corrected chi connectivity index (χ2v) is 4.93. The Hall–Kier alpha value is -1.64. The minimum absolute atomic E-state index is 0.188. The largest absolute Gasteiger partial charge is 0.370 e. The molecule has 0 aliphatic heterocycles. The summed E-state index contributed by atoms with van der Waals surface area (Å²) in [5, 5.41) is 3.98. The average molecular weight is 260 g/mol. The number of aryl methyl sites for hydroxylation is 2. The molecule has 1 aromatic heterocycles. The summed E-state index contributed by atoms with van der Waals surface area (Å²) in [5.41, 5.74) is 2.88. The highest BCUT2D eigenvalue weighted by atomic mass is 19.1. The van der Waals surface area contributed by atoms with Gasteiger partial charge in [0.25, 0.3) is 0 Å². The van der Waals surface area contributed by atoms with E-state index < -0.39 is 0 Å². The molecule has 2 aromatic rings. The van der Waals surface area contributed by atoms with Gasteiger partial charge in [0.05, 0.1) is 5.52 Å². The van der Waals surface area contributed by atoms with Gasteiger partial charge in [-0.2, -0.15) is 0 Å². The molecule has 0 fully saturated rings. The molecule has 0 spiro atoms. The Labute approximate surface area is 114 Å². The van der Waals surface area contributed by atoms with Gasteiger partial charge in [-0.1, -0.05) is 26.3 Å². The molecular formula is C16H21FN2. The lowest BCUT2D eigenvalue weighted by atomic mass is 10.0. The van der Waals surface area contributed by atoms with Crippen LogP contribution in [0.15, 0.2) is 18.2 Å². The molecule has 0 aliphatic rings. The molecule has 102 valence electrons. The van der Waals surface area contributed by atoms with E-state index in [9.17, 15) is 4.39 Å². The van der Waals surface area contributed by atoms with Crippen molar-refractivity contribution in [3.63, 3.8) is 0 Å². The molecule has 19 heavy (non-hydrogen) atoms. The number of fused-ring (bicyclic) bond motifs is 1. The maximum absolute atomic E-state index is 13.9. The maximum atomic E-state index is 13.9. The predicted octanol–water partition coefficient (Wildman–Crippen LogP) is 4.46. The Kier molecular flexibility index (Phi) is 4.35. The topological polar surface area (TPSA) is 24.9 Å². The van der Waals surface area contributed by atoms with Gasteiger partial charge < -0.3 is 5.32 Å². The molecule has 3 heteroatoms. The van der Waals surface area contributed by atoms with Crippen molar-refractivity contribution in [3.05, 3.63) is 35.1 Å². The number of nitrogens with one attached hydrogen (secondary N) is 1. The van der Waals surface area contributed by atoms with Gasteiger partial charge in [0, 0.05) is 11.9 Å². The molecule has 1 heterocycles. The number of halogens is 1. The monoisotopic (exact) mass is 260 g/mol. The minimum atomic E-state index is -0.188. The van der Waals surface area contributed by atoms with Crippen LogP contribution < -0.4 is 5.32 Å². The molecule has 0 atom stereocenters. The number of nitrogens with zero attached hydrogens (tertiary/aromatic N) is 1. The third-order valence-corrected chi connectivity index (χ3v) is 3.27. The lowest BCUT2D eigenvalue weighted by Gasteiger charge is -2.13. The van der Waals surface area contributed by atoms with Crippen LogP contribution in [0.25, 0.3) is 10.9 Å². The molecule has 0 radical (unpaired) electrons. The van der Waals surface area contributed by atoms with Crippen LogP contribution in [0.2, 0.25) is 0 Å². The van der Waals surface area contributed by atoms with E-state index in [1.165, 1.54) is 6.07 Å². The van der Waals surface area contributed by atoms with Crippen LogP contribution in [0.3, 0.4) is 0 Å². The SMILES string of the molecule is CCCNc1nc2c(C)ccc(F)c2cc1CCC. The summed E-state index contributed by atoms with van der Waals surface area (Å²) in [5.74, 6) is 0.720. The Morgan fingerprint density at radius 1 is 1.21 bits per heavy atom. The first-order valence-corrected chi connectivity index (χ1v) is 7.00. The van der Waals surface area contributed by atoms with Crippen molar-refractivity contribution in [3.8, 4) is 0 Å². The van der Waals surface area contributed by atoms with Gasteiger partial charge in [0.2, 0.25) is 0 Å². The Bertz CT molecular complexity index is 578. The summed E-state index contributed by atoms with van der Waals surface area (Å²) >= 11 is 0. The fourth-order valence-corrected chi connectivity index (χ4v) is 2.26. The molecule has 1 N–H and O–H groups in total. The van der Waals surface area contributed by atoms with Crippen molar-refractivity contribution in [2.45, 2.75) is 40.0 Å². The fraction of sp³-hybridized carbons (Fsp3) is 0.438. The first-order valence-electron chi connectivity index (χ1n) is 7.00. The molecule has 2 rings (SSSR count). The summed E-state index contributed by atoms with van der Waals surface area (Å²) in [6.45, 7) is 7.11. The highest BCUT2D eigenvalue weighted by Crippen LogP contribution is 2.26. The van der Waals surface area contributed by atoms with Crippen molar-refractivity contribution < 1.29 is 4.39 Å². The van der Waals surface area contributed by atoms with E-state index >= 15 is 0 Å². The van der Waals surface area contributed by atoms with E-state index in [-0.39, 0.29) is 5.82 Å². The lowest BCUT2D eigenvalue weighted by Crippen LogP contribution is -2.06. The summed E-state index contributed by atoms with van der Waals surface area (Å²) in [4.78, 5) is 4.64. The summed E-state index contributed by atoms with van der Waals surface area (Å²) < 4.78 is 13.9. The van der Waals surface area contributed by atoms with Gasteiger partial charge >= 0.3 is 0 Å². The molecule has 1 aromatic carbocycles. The third-order valence-electron chi connectivity index (χ3n) is 3.27. The van der Waals surface area contributed by atoms with Crippen LogP contribution in [-0.2, 0) is 6.42 Å². The Morgan fingerprint density at radius 3 is 2.68 bits per heavy atom. The van der Waals surface area contributed by atoms with E-state index in [1.807, 2.05) is 13.0 Å². The average Bonchev–Trinajstić information content (AvgIpc) is 2.41. The predicted molar refractivity (Wildman–Crippen MR) is 79.2 cm³/mol. The van der Waals surface area contributed by atoms with Crippen LogP contribution in [0, 0.1) is 12.7 Å². The fourth-order valence-electron chi connectivity index (χ4n) is 2.26. The smallest absolute Gasteiger partial charge is 0.132 e. The van der Waals surface area contributed by atoms with Crippen molar-refractivity contribution >= 4 is 16.7 Å². The van der Waals surface area contributed by atoms with Crippen molar-refractivity contribution in [2.75, 3.05) is 11.9 Å². The summed E-state index contributed by atoms with van der Waals surface area (Å²) in [6, 6.07) is 5.26. The standard InChI is InChI=1S/C16H21FN2/c1-4-6-12-10-13-14(17)8-7-11(3)15(13)19-16(12)18-9-5-2/h7-8,10H,4-6,9H2,1-3H3,(H,18,19). The van der Waals surface area contributed by atoms with Gasteiger partial charge in [-0.05, 0) is 43.0 Å². The minimum Gasteiger partial charge on any atom is -0.370 e. The molecule has 0 saturated heterocycles. The van der Waals surface area contributed by atoms with E-state index in [0.29, 0.717) is 5.39 Å². The van der Waals surface area contributed by atoms with Gasteiger partial charge in [-0.15, -0.1) is 0 Å². The molecule has 2 nitrogen and oxygen atoms in total. The van der Waals surface area contributed by atoms with E-state index in [4.69, 9.17) is 0 Å². The maximum Gasteiger partial charge on any atom is 0.132 e. The van der Waals surface area contributed by atoms with E-state index in [1.54, 1.807) is 6.07 Å². The molecule has 0 amide bonds. The highest BCUT2D eigenvalue weighted by Gasteiger charge is 2.10. The molecule has 0 unspecified atom stereocenters. The number of anilines is 1. The van der Waals surface area contributed by atoms with Crippen molar-refractivity contribution in [2.24, 2.45) is 0 Å². The first kappa shape index (κ1) is 13.8. The molecule has 0 bridgehead atoms. The summed E-state index contributed by atoms with van der Waals surface area (Å²) in [6.07, 6.45) is 3.00. The van der Waals surface area contributed by atoms with Crippen LogP contribution in [0.4, 0.5) is 10.2 Å². The lowest BCUT2D eigenvalue weighted by molar-refractivity contribution is 0.639. The summed E-state index contributed by atoms with van der Waals surface area (Å²) in [7, 11) is 0. The van der Waals surface area contributed by atoms with Crippen LogP contribution in [0.5, 0.6) is 0 Å². The zero-order valence-electron chi connectivity index (χ0n) is 11.9. The second kappa shape index (κ2) is 6.00. The number of hydrogen-bond acceptors (Lipinski definition) is 2. The van der Waals surface area contributed by atoms with Crippen LogP contribution in [-0.4, -0.2) is 11.5 Å². The molecular weight excluding hydrogens is 239 g/mol. The number of rotatable bonds is 5. The van der Waals surface area contributed by atoms with E-state index in [2.05, 4.69) is 24.1 Å². The number of aromatic nitrogens is 1. The first-order chi connectivity index (χ1) is 9.17.